The van der Waals surface area contributed by atoms with Gasteiger partial charge in [-0.15, -0.1) is 0 Å². The SMILES string of the molecule is CCCC(NC)C1CCCC(C(F)(F)F)C1. The predicted octanol–water partition coefficient (Wildman–Crippen LogP) is 3.74. The Morgan fingerprint density at radius 1 is 1.31 bits per heavy atom. The first-order valence-corrected chi connectivity index (χ1v) is 6.23. The summed E-state index contributed by atoms with van der Waals surface area (Å²) in [6.45, 7) is 2.08. The molecule has 0 bridgehead atoms. The zero-order chi connectivity index (χ0) is 12.2. The van der Waals surface area contributed by atoms with E-state index in [1.54, 1.807) is 0 Å². The lowest BCUT2D eigenvalue weighted by Gasteiger charge is -2.35. The molecule has 0 aromatic rings. The summed E-state index contributed by atoms with van der Waals surface area (Å²) in [6.07, 6.45) is 0.306. The molecule has 0 aromatic carbocycles. The molecule has 1 nitrogen and oxygen atoms in total. The number of hydrogen-bond donors (Lipinski definition) is 1. The Balaban J connectivity index is 2.55. The number of nitrogens with one attached hydrogen (secondary N) is 1. The highest BCUT2D eigenvalue weighted by atomic mass is 19.4. The molecule has 4 heteroatoms. The van der Waals surface area contributed by atoms with E-state index in [0.29, 0.717) is 12.8 Å². The van der Waals surface area contributed by atoms with Crippen LogP contribution in [0.5, 0.6) is 0 Å². The minimum atomic E-state index is -4.00. The molecular formula is C12H22F3N. The molecule has 1 N–H and O–H groups in total. The van der Waals surface area contributed by atoms with E-state index < -0.39 is 12.1 Å². The van der Waals surface area contributed by atoms with Gasteiger partial charge in [0.25, 0.3) is 0 Å². The molecule has 0 aliphatic heterocycles. The first-order valence-electron chi connectivity index (χ1n) is 6.23. The summed E-state index contributed by atoms with van der Waals surface area (Å²) >= 11 is 0. The largest absolute Gasteiger partial charge is 0.391 e. The molecule has 1 aliphatic carbocycles. The quantitative estimate of drug-likeness (QED) is 0.785. The topological polar surface area (TPSA) is 12.0 Å². The van der Waals surface area contributed by atoms with Gasteiger partial charge in [0.1, 0.15) is 0 Å². The van der Waals surface area contributed by atoms with E-state index in [1.165, 1.54) is 0 Å². The van der Waals surface area contributed by atoms with Crippen molar-refractivity contribution in [1.29, 1.82) is 0 Å². The maximum atomic E-state index is 12.6. The summed E-state index contributed by atoms with van der Waals surface area (Å²) in [4.78, 5) is 0. The highest BCUT2D eigenvalue weighted by molar-refractivity contribution is 4.84. The van der Waals surface area contributed by atoms with E-state index in [0.717, 1.165) is 25.7 Å². The molecule has 16 heavy (non-hydrogen) atoms. The number of hydrogen-bond acceptors (Lipinski definition) is 1. The Hall–Kier alpha value is -0.250. The third kappa shape index (κ3) is 3.65. The second-order valence-electron chi connectivity index (χ2n) is 4.85. The van der Waals surface area contributed by atoms with Crippen LogP contribution in [0.3, 0.4) is 0 Å². The van der Waals surface area contributed by atoms with Crippen molar-refractivity contribution in [3.63, 3.8) is 0 Å². The van der Waals surface area contributed by atoms with Gasteiger partial charge in [0.2, 0.25) is 0 Å². The summed E-state index contributed by atoms with van der Waals surface area (Å²) in [6, 6.07) is 0.259. The Labute approximate surface area is 95.8 Å². The Kier molecular flexibility index (Phi) is 5.09. The van der Waals surface area contributed by atoms with E-state index in [-0.39, 0.29) is 12.0 Å². The van der Waals surface area contributed by atoms with Gasteiger partial charge in [-0.05, 0) is 38.6 Å². The highest BCUT2D eigenvalue weighted by Crippen LogP contribution is 2.41. The average Bonchev–Trinajstić information content (AvgIpc) is 2.25. The summed E-state index contributed by atoms with van der Waals surface area (Å²) in [5, 5.41) is 3.18. The highest BCUT2D eigenvalue weighted by Gasteiger charge is 2.43. The molecule has 96 valence electrons. The minimum absolute atomic E-state index is 0.199. The molecule has 0 saturated heterocycles. The molecule has 3 unspecified atom stereocenters. The van der Waals surface area contributed by atoms with E-state index >= 15 is 0 Å². The number of rotatable bonds is 4. The van der Waals surface area contributed by atoms with Crippen molar-refractivity contribution < 1.29 is 13.2 Å². The van der Waals surface area contributed by atoms with Gasteiger partial charge in [-0.25, -0.2) is 0 Å². The van der Waals surface area contributed by atoms with Crippen LogP contribution >= 0.6 is 0 Å². The third-order valence-electron chi connectivity index (χ3n) is 3.72. The fraction of sp³-hybridized carbons (Fsp3) is 1.00. The van der Waals surface area contributed by atoms with Gasteiger partial charge in [0.05, 0.1) is 5.92 Å². The van der Waals surface area contributed by atoms with Crippen LogP contribution in [0.25, 0.3) is 0 Å². The van der Waals surface area contributed by atoms with Gasteiger partial charge in [0, 0.05) is 6.04 Å². The summed E-state index contributed by atoms with van der Waals surface area (Å²) in [7, 11) is 1.86. The smallest absolute Gasteiger partial charge is 0.317 e. The molecule has 0 heterocycles. The fourth-order valence-corrected chi connectivity index (χ4v) is 2.82. The molecular weight excluding hydrogens is 215 g/mol. The second kappa shape index (κ2) is 5.89. The summed E-state index contributed by atoms with van der Waals surface area (Å²) < 4.78 is 37.9. The van der Waals surface area contributed by atoms with Gasteiger partial charge in [-0.1, -0.05) is 19.8 Å². The van der Waals surface area contributed by atoms with Crippen LogP contribution < -0.4 is 5.32 Å². The Bertz CT molecular complexity index is 203. The third-order valence-corrected chi connectivity index (χ3v) is 3.72. The Morgan fingerprint density at radius 3 is 2.50 bits per heavy atom. The van der Waals surface area contributed by atoms with Gasteiger partial charge >= 0.3 is 6.18 Å². The Morgan fingerprint density at radius 2 is 2.00 bits per heavy atom. The number of alkyl halides is 3. The molecule has 0 spiro atoms. The van der Waals surface area contributed by atoms with E-state index in [1.807, 2.05) is 7.05 Å². The molecule has 1 rings (SSSR count). The van der Waals surface area contributed by atoms with Crippen LogP contribution in [0.2, 0.25) is 0 Å². The van der Waals surface area contributed by atoms with Crippen LogP contribution in [0.15, 0.2) is 0 Å². The molecule has 0 aromatic heterocycles. The maximum Gasteiger partial charge on any atom is 0.391 e. The van der Waals surface area contributed by atoms with E-state index in [2.05, 4.69) is 12.2 Å². The number of halogens is 3. The van der Waals surface area contributed by atoms with Gasteiger partial charge < -0.3 is 5.32 Å². The van der Waals surface area contributed by atoms with E-state index in [4.69, 9.17) is 0 Å². The van der Waals surface area contributed by atoms with Crippen LogP contribution in [-0.4, -0.2) is 19.3 Å². The van der Waals surface area contributed by atoms with Crippen molar-refractivity contribution in [1.82, 2.24) is 5.32 Å². The van der Waals surface area contributed by atoms with Crippen molar-refractivity contribution in [2.45, 2.75) is 57.7 Å². The van der Waals surface area contributed by atoms with Crippen molar-refractivity contribution in [2.24, 2.45) is 11.8 Å². The van der Waals surface area contributed by atoms with Gasteiger partial charge in [0.15, 0.2) is 0 Å². The van der Waals surface area contributed by atoms with Crippen molar-refractivity contribution in [3.8, 4) is 0 Å². The summed E-state index contributed by atoms with van der Waals surface area (Å²) in [5.41, 5.74) is 0. The maximum absolute atomic E-state index is 12.6. The van der Waals surface area contributed by atoms with Crippen LogP contribution in [-0.2, 0) is 0 Å². The average molecular weight is 237 g/mol. The second-order valence-corrected chi connectivity index (χ2v) is 4.85. The molecule has 0 amide bonds. The van der Waals surface area contributed by atoms with Crippen molar-refractivity contribution in [2.75, 3.05) is 7.05 Å². The lowest BCUT2D eigenvalue weighted by atomic mass is 9.76. The zero-order valence-corrected chi connectivity index (χ0v) is 10.1. The normalized spacial score (nSPS) is 29.1. The molecule has 1 saturated carbocycles. The first kappa shape index (κ1) is 13.8. The minimum Gasteiger partial charge on any atom is -0.317 e. The molecule has 1 fully saturated rings. The van der Waals surface area contributed by atoms with Crippen LogP contribution in [0.4, 0.5) is 13.2 Å². The monoisotopic (exact) mass is 237 g/mol. The lowest BCUT2D eigenvalue weighted by Crippen LogP contribution is -2.39. The molecule has 1 aliphatic rings. The lowest BCUT2D eigenvalue weighted by molar-refractivity contribution is -0.186. The van der Waals surface area contributed by atoms with Crippen LogP contribution in [0.1, 0.15) is 45.4 Å². The van der Waals surface area contributed by atoms with E-state index in [9.17, 15) is 13.2 Å². The fourth-order valence-electron chi connectivity index (χ4n) is 2.82. The van der Waals surface area contributed by atoms with Gasteiger partial charge in [-0.2, -0.15) is 13.2 Å². The van der Waals surface area contributed by atoms with Gasteiger partial charge in [-0.3, -0.25) is 0 Å². The van der Waals surface area contributed by atoms with Crippen molar-refractivity contribution >= 4 is 0 Å². The zero-order valence-electron chi connectivity index (χ0n) is 10.1. The first-order chi connectivity index (χ1) is 7.49. The molecule has 0 radical (unpaired) electrons. The predicted molar refractivity (Wildman–Crippen MR) is 59.3 cm³/mol. The van der Waals surface area contributed by atoms with Crippen molar-refractivity contribution in [3.05, 3.63) is 0 Å². The van der Waals surface area contributed by atoms with Crippen LogP contribution in [0, 0.1) is 11.8 Å². The molecule has 3 atom stereocenters. The summed E-state index contributed by atoms with van der Waals surface area (Å²) in [5.74, 6) is -0.871. The standard InChI is InChI=1S/C12H22F3N/c1-3-5-11(16-2)9-6-4-7-10(8-9)12(13,14)15/h9-11,16H,3-8H2,1-2H3.